The van der Waals surface area contributed by atoms with E-state index in [4.69, 9.17) is 0 Å². The Morgan fingerprint density at radius 3 is 0.855 bits per heavy atom. The van der Waals surface area contributed by atoms with E-state index >= 15 is 0 Å². The first-order valence-corrected chi connectivity index (χ1v) is 21.6. The second-order valence-electron chi connectivity index (χ2n) is 12.0. The van der Waals surface area contributed by atoms with E-state index in [-0.39, 0.29) is 186 Å². The molecule has 0 fully saturated rings. The van der Waals surface area contributed by atoms with Gasteiger partial charge in [-0.1, -0.05) is 54.6 Å². The van der Waals surface area contributed by atoms with Gasteiger partial charge in [0.1, 0.15) is 74.6 Å². The first kappa shape index (κ1) is 54.0. The first-order chi connectivity index (χ1) is 27.3. The van der Waals surface area contributed by atoms with Crippen LogP contribution < -0.4 is 118 Å². The molecule has 0 aliphatic heterocycles. The summed E-state index contributed by atoms with van der Waals surface area (Å²) in [6.45, 7) is 0. The van der Waals surface area contributed by atoms with E-state index in [0.29, 0.717) is 0 Å². The monoisotopic (exact) mass is 949 g/mol. The zero-order valence-electron chi connectivity index (χ0n) is 32.6. The van der Waals surface area contributed by atoms with Crippen LogP contribution in [0.2, 0.25) is 0 Å². The Kier molecular flexibility index (Phi) is 18.6. The third kappa shape index (κ3) is 12.5. The second kappa shape index (κ2) is 21.3. The van der Waals surface area contributed by atoms with E-state index in [2.05, 4.69) is 35.3 Å². The standard InChI is InChI=1S/C35H23N7O12S4.4Na/c43-55(44,45)24-10-1-6-20(16-24)30-32(22-8-3-12-26(18-22)57(49,50)51)39-41-34(37-30)28-14-5-15-29(36-28)35-38-31(21-7-2-11-25(17-21)56(46,47)48)33(40-42-35)23-9-4-13-27(19-23)58(52,53)54;;;;/h1-19H,(H,43,44,45)(H,46,47,48)(H,49,50,51)(H,52,53,54);;;;/q;4*+1/p-4. The van der Waals surface area contributed by atoms with Gasteiger partial charge in [0.15, 0.2) is 0 Å². The summed E-state index contributed by atoms with van der Waals surface area (Å²) >= 11 is 0. The molecule has 4 aromatic carbocycles. The predicted octanol–water partition coefficient (Wildman–Crippen LogP) is -8.91. The van der Waals surface area contributed by atoms with Crippen LogP contribution in [-0.4, -0.2) is 87.2 Å². The molecule has 0 spiro atoms. The average Bonchev–Trinajstić information content (AvgIpc) is 3.19. The molecule has 3 heterocycles. The van der Waals surface area contributed by atoms with Gasteiger partial charge in [-0.15, -0.1) is 20.4 Å². The number of pyridine rings is 1. The summed E-state index contributed by atoms with van der Waals surface area (Å²) in [6.07, 6.45) is 0. The van der Waals surface area contributed by atoms with Gasteiger partial charge in [-0.25, -0.2) is 48.6 Å². The van der Waals surface area contributed by atoms with Crippen molar-refractivity contribution in [2.45, 2.75) is 19.6 Å². The normalized spacial score (nSPS) is 11.5. The van der Waals surface area contributed by atoms with Crippen LogP contribution in [0.4, 0.5) is 0 Å². The predicted molar refractivity (Wildman–Crippen MR) is 195 cm³/mol. The molecule has 0 atom stereocenters. The minimum Gasteiger partial charge on any atom is -0.744 e. The van der Waals surface area contributed by atoms with Gasteiger partial charge in [0, 0.05) is 22.3 Å². The van der Waals surface area contributed by atoms with Crippen molar-refractivity contribution < 1.29 is 170 Å². The third-order valence-corrected chi connectivity index (χ3v) is 11.5. The van der Waals surface area contributed by atoms with E-state index in [0.717, 1.165) is 48.5 Å². The van der Waals surface area contributed by atoms with E-state index in [9.17, 15) is 51.9 Å². The summed E-state index contributed by atoms with van der Waals surface area (Å²) < 4.78 is 142. The van der Waals surface area contributed by atoms with Crippen molar-refractivity contribution in [3.63, 3.8) is 0 Å². The maximum Gasteiger partial charge on any atom is 1.00 e. The molecule has 0 unspecified atom stereocenters. The van der Waals surface area contributed by atoms with Crippen LogP contribution in [0.5, 0.6) is 0 Å². The zero-order chi connectivity index (χ0) is 41.6. The fourth-order valence-corrected chi connectivity index (χ4v) is 7.61. The quantitative estimate of drug-likeness (QED) is 0.0908. The smallest absolute Gasteiger partial charge is 0.744 e. The van der Waals surface area contributed by atoms with Gasteiger partial charge in [-0.3, -0.25) is 0 Å². The fourth-order valence-electron chi connectivity index (χ4n) is 5.54. The van der Waals surface area contributed by atoms with Crippen molar-refractivity contribution in [3.05, 3.63) is 115 Å². The Hall–Kier alpha value is -2.31. The molecule has 0 aliphatic rings. The second-order valence-corrected chi connectivity index (χ2v) is 17.5. The molecule has 27 heteroatoms. The summed E-state index contributed by atoms with van der Waals surface area (Å²) in [5.41, 5.74) is -0.176. The number of hydrogen-bond donors (Lipinski definition) is 0. The number of aromatic nitrogens is 7. The maximum absolute atomic E-state index is 11.9. The average molecular weight is 950 g/mol. The summed E-state index contributed by atoms with van der Waals surface area (Å²) in [5, 5.41) is 16.7. The van der Waals surface area contributed by atoms with Gasteiger partial charge >= 0.3 is 118 Å². The van der Waals surface area contributed by atoms with E-state index in [1.165, 1.54) is 66.7 Å². The summed E-state index contributed by atoms with van der Waals surface area (Å²) in [6, 6.07) is 23.4. The number of nitrogens with zero attached hydrogens (tertiary/aromatic N) is 7. The van der Waals surface area contributed by atoms with Gasteiger partial charge in [-0.05, 0) is 60.7 Å². The number of hydrogen-bond acceptors (Lipinski definition) is 19. The van der Waals surface area contributed by atoms with Crippen LogP contribution in [0.25, 0.3) is 68.1 Å². The largest absolute Gasteiger partial charge is 1.00 e. The molecule has 0 N–H and O–H groups in total. The molecule has 0 radical (unpaired) electrons. The Labute approximate surface area is 442 Å². The van der Waals surface area contributed by atoms with Crippen molar-refractivity contribution in [1.82, 2.24) is 35.3 Å². The van der Waals surface area contributed by atoms with Crippen molar-refractivity contribution in [2.24, 2.45) is 0 Å². The molecule has 62 heavy (non-hydrogen) atoms. The van der Waals surface area contributed by atoms with Crippen LogP contribution in [0.3, 0.4) is 0 Å². The molecule has 3 aromatic heterocycles. The van der Waals surface area contributed by atoms with Crippen LogP contribution in [-0.2, 0) is 40.5 Å². The van der Waals surface area contributed by atoms with E-state index in [1.54, 1.807) is 0 Å². The topological polar surface area (TPSA) is 319 Å². The Bertz CT molecular complexity index is 3070. The molecular formula is C35H19N7Na4O12S4. The molecular weight excluding hydrogens is 931 g/mol. The summed E-state index contributed by atoms with van der Waals surface area (Å²) in [4.78, 5) is 11.2. The molecule has 0 amide bonds. The molecule has 294 valence electrons. The van der Waals surface area contributed by atoms with Crippen molar-refractivity contribution >= 4 is 40.5 Å². The molecule has 7 aromatic rings. The van der Waals surface area contributed by atoms with Crippen LogP contribution in [0.1, 0.15) is 0 Å². The van der Waals surface area contributed by atoms with E-state index < -0.39 is 60.1 Å². The fraction of sp³-hybridized carbons (Fsp3) is 0. The molecule has 0 bridgehead atoms. The Balaban J connectivity index is 0.00000256. The SMILES string of the molecule is O=S(=O)([O-])c1cccc(-c2nnc(-c3cccc(-c4nnc(-c5cccc(S(=O)(=O)[O-])c5)c(-c5cccc(S(=O)(=O)[O-])c5)n4)n3)nc2-c2cccc(S(=O)(=O)[O-])c2)c1.[Na+].[Na+].[Na+].[Na+]. The molecule has 19 nitrogen and oxygen atoms in total. The summed E-state index contributed by atoms with van der Waals surface area (Å²) in [7, 11) is -19.7. The molecule has 0 aliphatic carbocycles. The van der Waals surface area contributed by atoms with Gasteiger partial charge in [0.2, 0.25) is 11.6 Å². The summed E-state index contributed by atoms with van der Waals surface area (Å²) in [5.74, 6) is -0.366. The maximum atomic E-state index is 11.9. The minimum atomic E-state index is -4.95. The zero-order valence-corrected chi connectivity index (χ0v) is 43.9. The Morgan fingerprint density at radius 1 is 0.323 bits per heavy atom. The molecule has 7 rings (SSSR count). The van der Waals surface area contributed by atoms with Crippen LogP contribution >= 0.6 is 0 Å². The first-order valence-electron chi connectivity index (χ1n) is 16.0. The Morgan fingerprint density at radius 2 is 0.581 bits per heavy atom. The van der Waals surface area contributed by atoms with Gasteiger partial charge < -0.3 is 18.2 Å². The van der Waals surface area contributed by atoms with Gasteiger partial charge in [0.25, 0.3) is 0 Å². The number of benzene rings is 4. The molecule has 0 saturated carbocycles. The van der Waals surface area contributed by atoms with Gasteiger partial charge in [0.05, 0.1) is 19.6 Å². The van der Waals surface area contributed by atoms with Gasteiger partial charge in [-0.2, -0.15) is 0 Å². The molecule has 0 saturated heterocycles. The third-order valence-electron chi connectivity index (χ3n) is 8.17. The number of rotatable bonds is 10. The van der Waals surface area contributed by atoms with Crippen LogP contribution in [0, 0.1) is 0 Å². The van der Waals surface area contributed by atoms with Crippen molar-refractivity contribution in [2.75, 3.05) is 0 Å². The minimum absolute atomic E-state index is 0. The van der Waals surface area contributed by atoms with Crippen LogP contribution in [0.15, 0.2) is 135 Å². The van der Waals surface area contributed by atoms with E-state index in [1.807, 2.05) is 0 Å². The van der Waals surface area contributed by atoms with Crippen molar-refractivity contribution in [1.29, 1.82) is 0 Å². The van der Waals surface area contributed by atoms with Crippen molar-refractivity contribution in [3.8, 4) is 68.1 Å².